The highest BCUT2D eigenvalue weighted by Crippen LogP contribution is 2.30. The van der Waals surface area contributed by atoms with Crippen LogP contribution in [-0.4, -0.2) is 271 Å². The van der Waals surface area contributed by atoms with Crippen LogP contribution in [0.25, 0.3) is 21.8 Å². The molecule has 2 aromatic heterocycles. The molecule has 1 fully saturated rings. The third-order valence-corrected chi connectivity index (χ3v) is 26.0. The number of nitrogens with one attached hydrogen (secondary N) is 8. The van der Waals surface area contributed by atoms with Crippen molar-refractivity contribution in [2.75, 3.05) is 59.9 Å². The molecule has 1 aliphatic heterocycles. The number of amides is 12. The Morgan fingerprint density at radius 3 is 1.55 bits per heavy atom. The molecule has 0 radical (unpaired) electrons. The predicted molar refractivity (Wildman–Crippen MR) is 513 cm³/mol. The van der Waals surface area contributed by atoms with Crippen LogP contribution in [0.3, 0.4) is 0 Å². The minimum absolute atomic E-state index is 0.0425. The summed E-state index contributed by atoms with van der Waals surface area (Å²) in [5, 5.41) is 48.6. The van der Waals surface area contributed by atoms with Crippen molar-refractivity contribution >= 4 is 134 Å². The number of phenolic OH excluding ortho intramolecular Hbond substituents is 2. The first-order chi connectivity index (χ1) is 66.5. The molecular formula is C101H123F3N14O21S. The van der Waals surface area contributed by atoms with Crippen molar-refractivity contribution in [1.29, 1.82) is 0 Å². The molecule has 750 valence electrons. The summed E-state index contributed by atoms with van der Waals surface area (Å²) >= 11 is 0.696. The zero-order valence-electron chi connectivity index (χ0n) is 79.8. The number of unbranched alkanes of at least 4 members (excludes halogenated alkanes) is 1. The Kier molecular flexibility index (Phi) is 40.6. The predicted octanol–water partition coefficient (Wildman–Crippen LogP) is 6.57. The number of Topliss-reactive ketones (excluding diaryl/α,β-unsaturated/α-hetero) is 3. The molecule has 35 nitrogen and oxygen atoms in total. The molecule has 8 aromatic rings. The number of benzene rings is 6. The molecule has 39 heteroatoms. The lowest BCUT2D eigenvalue weighted by atomic mass is 9.84. The van der Waals surface area contributed by atoms with Crippen molar-refractivity contribution in [3.63, 3.8) is 0 Å². The van der Waals surface area contributed by atoms with E-state index >= 15 is 56.7 Å². The molecule has 13 N–H and O–H groups in total. The highest BCUT2D eigenvalue weighted by atomic mass is 32.2. The Balaban J connectivity index is 1.16. The number of halogens is 3. The van der Waals surface area contributed by atoms with Gasteiger partial charge >= 0.3 is 5.97 Å². The molecule has 3 heterocycles. The highest BCUT2D eigenvalue weighted by Gasteiger charge is 2.44. The van der Waals surface area contributed by atoms with Gasteiger partial charge in [-0.2, -0.15) is 0 Å². The van der Waals surface area contributed by atoms with Gasteiger partial charge in [-0.3, -0.25) is 81.5 Å². The first kappa shape index (κ1) is 109. The minimum Gasteiger partial charge on any atom is -0.508 e. The molecule has 140 heavy (non-hydrogen) atoms. The first-order valence-corrected chi connectivity index (χ1v) is 47.4. The zero-order chi connectivity index (χ0) is 102. The van der Waals surface area contributed by atoms with Gasteiger partial charge in [-0.15, -0.1) is 11.8 Å². The topological polar surface area (TPSA) is 506 Å². The van der Waals surface area contributed by atoms with Gasteiger partial charge in [-0.1, -0.05) is 138 Å². The second-order valence-electron chi connectivity index (χ2n) is 36.2. The lowest BCUT2D eigenvalue weighted by Crippen LogP contribution is -2.61. The third kappa shape index (κ3) is 30.9. The first-order valence-electron chi connectivity index (χ1n) is 46.2. The summed E-state index contributed by atoms with van der Waals surface area (Å²) in [4.78, 5) is 263. The highest BCUT2D eigenvalue weighted by molar-refractivity contribution is 8.00. The Labute approximate surface area is 812 Å². The van der Waals surface area contributed by atoms with E-state index in [1.165, 1.54) is 76.7 Å². The number of likely N-dealkylation sites (N-methyl/N-ethyl adjacent to an activating group) is 5. The Morgan fingerprint density at radius 2 is 0.993 bits per heavy atom. The number of ketones is 3. The number of aromatic amines is 2. The van der Waals surface area contributed by atoms with E-state index in [1.807, 2.05) is 0 Å². The van der Waals surface area contributed by atoms with E-state index in [4.69, 9.17) is 10.5 Å². The minimum atomic E-state index is -1.88. The summed E-state index contributed by atoms with van der Waals surface area (Å²) in [7, 11) is 6.22. The van der Waals surface area contributed by atoms with Gasteiger partial charge in [0.2, 0.25) is 70.9 Å². The Morgan fingerprint density at radius 1 is 0.507 bits per heavy atom. The standard InChI is InChI=1S/C101H123F3N14O21S/c1-11-12-26-83-100(137)114(6)52-68(122)46-65(53-139-56-119)87(124)49-71(58(4)5)97(134)117(9)84(45-59-20-14-13-15-21-59)96(133)112-80(43-61-29-33-67(121)34-30-61)99(136)115(7)82(35-38-90(127)128)95(132)111-78(47-63-50-106-74-24-18-16-22-69(63)74)94(131)110-77(42-60-27-31-66(120)32-28-60)93(130)109-76(39-57(2)3)92(129)113-81(86(123)36-37-88(105)125)54-140-55-89(126)108-79(44-62-40-72(102)91(104)73(103)41-62)98(135)118(10)85(101(138)116(83)8)48-64-51-107-75-25-19-17-23-70(64)75/h13-25,27-34,40-41,50-51,56-58,65,71,76-85,106-107,120-121H,11-12,26,35-39,42-49,52-55H2,1-10H3,(H2,105,125)(H,108,126)(H,109,130)(H,110,131)(H,111,132)(H,112,133)(H,113,129)(H,127,128)/t65-,71-,76-,77-,78-,79-,80-,81-,82+,83-,84-,85-/m0/s1. The van der Waals surface area contributed by atoms with E-state index in [2.05, 4.69) is 41.9 Å². The summed E-state index contributed by atoms with van der Waals surface area (Å²) in [5.41, 5.74) is 8.33. The molecule has 9 rings (SSSR count). The molecule has 1 saturated heterocycles. The molecule has 12 atom stereocenters. The number of nitrogens with two attached hydrogens (primary N) is 1. The Bertz CT molecular complexity index is 5740. The zero-order valence-corrected chi connectivity index (χ0v) is 80.6. The van der Waals surface area contributed by atoms with Gasteiger partial charge in [0, 0.05) is 152 Å². The van der Waals surface area contributed by atoms with Gasteiger partial charge in [0.15, 0.2) is 29.0 Å². The molecule has 0 aliphatic carbocycles. The Hall–Kier alpha value is -14.3. The fourth-order valence-corrected chi connectivity index (χ4v) is 17.9. The number of phenols is 2. The van der Waals surface area contributed by atoms with Crippen LogP contribution in [0.1, 0.15) is 132 Å². The van der Waals surface area contributed by atoms with E-state index < -0.39 is 278 Å². The van der Waals surface area contributed by atoms with Crippen LogP contribution in [0.4, 0.5) is 13.2 Å². The molecule has 1 aliphatic rings. The number of H-pyrrole nitrogens is 2. The number of carboxylic acids is 1. The molecule has 0 spiro atoms. The second-order valence-corrected chi connectivity index (χ2v) is 37.2. The number of thioether (sulfide) groups is 1. The van der Waals surface area contributed by atoms with Crippen LogP contribution in [0, 0.1) is 41.1 Å². The lowest BCUT2D eigenvalue weighted by molar-refractivity contribution is -0.151. The summed E-state index contributed by atoms with van der Waals surface area (Å²) < 4.78 is 50.5. The maximum absolute atomic E-state index is 15.8. The smallest absolute Gasteiger partial charge is 0.303 e. The monoisotopic (exact) mass is 1960 g/mol. The summed E-state index contributed by atoms with van der Waals surface area (Å²) in [5.74, 6) is -26.3. The average Bonchev–Trinajstić information content (AvgIpc) is 1.53. The number of hydrogen-bond acceptors (Lipinski definition) is 21. The molecule has 6 aromatic carbocycles. The number of ether oxygens (including phenoxy) is 1. The molecule has 0 unspecified atom stereocenters. The van der Waals surface area contributed by atoms with Crippen molar-refractivity contribution in [3.8, 4) is 11.5 Å². The van der Waals surface area contributed by atoms with Crippen LogP contribution < -0.4 is 37.6 Å². The summed E-state index contributed by atoms with van der Waals surface area (Å²) in [6.45, 7) is 7.06. The van der Waals surface area contributed by atoms with Gasteiger partial charge in [0.05, 0.1) is 24.3 Å². The van der Waals surface area contributed by atoms with Crippen molar-refractivity contribution in [2.24, 2.45) is 29.4 Å². The maximum atomic E-state index is 15.8. The normalized spacial score (nSPS) is 21.8. The SMILES string of the molecule is CCCC[C@H]1C(=O)N(C)CC(=O)C[C@@H](COC=O)C(=O)C[C@@H](C(C)C)C(=O)N(C)[C@@H](Cc2ccccc2)C(=O)N[C@@H](Cc2ccc(O)cc2)C(=O)N(C)[C@H](CCC(=O)O)C(=O)N[C@@H](Cc2c[nH]c3ccccc23)C(=O)N[C@@H](Cc2ccc(O)cc2)C(=O)N[C@@H](CC(C)C)C(=O)N[C@H](C(=O)CCC(N)=O)CSCC(=O)N[C@@H](Cc2cc(F)c(F)c(F)c2)C(=O)N(C)[C@@H](Cc2c[nH]c3ccccc23)C(=O)N1C. The number of aromatic hydroxyl groups is 2. The average molecular weight is 1960 g/mol. The van der Waals surface area contributed by atoms with Crippen LogP contribution in [-0.2, 0) is 125 Å². The number of fused-ring (bicyclic) bond motifs is 2. The van der Waals surface area contributed by atoms with Gasteiger partial charge in [-0.25, -0.2) is 13.2 Å². The molecule has 12 amide bonds. The lowest BCUT2D eigenvalue weighted by Gasteiger charge is -2.37. The molecular weight excluding hydrogens is 1830 g/mol. The van der Waals surface area contributed by atoms with E-state index in [9.17, 15) is 53.3 Å². The van der Waals surface area contributed by atoms with Crippen molar-refractivity contribution in [2.45, 2.75) is 198 Å². The van der Waals surface area contributed by atoms with Gasteiger partial charge in [0.25, 0.3) is 6.47 Å². The van der Waals surface area contributed by atoms with Crippen molar-refractivity contribution < 1.29 is 115 Å². The van der Waals surface area contributed by atoms with E-state index in [-0.39, 0.29) is 55.6 Å². The summed E-state index contributed by atoms with van der Waals surface area (Å²) in [6.07, 6.45) is -2.75. The third-order valence-electron chi connectivity index (χ3n) is 24.9. The maximum Gasteiger partial charge on any atom is 0.303 e. The van der Waals surface area contributed by atoms with Gasteiger partial charge in [0.1, 0.15) is 78.3 Å². The molecule has 0 saturated carbocycles. The van der Waals surface area contributed by atoms with E-state index in [0.717, 1.165) is 31.5 Å². The van der Waals surface area contributed by atoms with Crippen LogP contribution in [0.5, 0.6) is 11.5 Å². The van der Waals surface area contributed by atoms with Crippen molar-refractivity contribution in [3.05, 3.63) is 203 Å². The fraction of sp³-hybridized carbons (Fsp3) is 0.436. The molecule has 0 bridgehead atoms. The number of carbonyl (C=O) groups excluding carboxylic acids is 16. The number of primary amides is 1. The number of aliphatic carboxylic acids is 1. The number of nitrogens with zero attached hydrogens (tertiary/aromatic N) is 5. The largest absolute Gasteiger partial charge is 0.508 e. The van der Waals surface area contributed by atoms with E-state index in [1.54, 1.807) is 126 Å². The number of hydrogen-bond donors (Lipinski definition) is 12. The van der Waals surface area contributed by atoms with Crippen LogP contribution in [0.2, 0.25) is 0 Å². The second kappa shape index (κ2) is 51.9. The fourth-order valence-electron chi connectivity index (χ4n) is 17.0. The van der Waals surface area contributed by atoms with Crippen molar-refractivity contribution in [1.82, 2.24) is 66.4 Å². The quantitative estimate of drug-likeness (QED) is 0.0182. The summed E-state index contributed by atoms with van der Waals surface area (Å²) in [6, 6.07) is 17.6. The van der Waals surface area contributed by atoms with Gasteiger partial charge in [-0.05, 0) is 113 Å². The number of aromatic nitrogens is 2. The number of para-hydroxylation sites is 2. The number of rotatable bonds is 28. The van der Waals surface area contributed by atoms with Gasteiger partial charge < -0.3 is 92.2 Å². The number of carbonyl (C=O) groups is 17. The van der Waals surface area contributed by atoms with Crippen LogP contribution >= 0.6 is 11.8 Å². The number of carboxylic acid groups (broad SMARTS) is 1. The van der Waals surface area contributed by atoms with E-state index in [0.29, 0.717) is 86.4 Å². The van der Waals surface area contributed by atoms with Crippen LogP contribution in [0.15, 0.2) is 152 Å².